The summed E-state index contributed by atoms with van der Waals surface area (Å²) in [5.41, 5.74) is 1.36. The molecule has 0 aliphatic rings. The van der Waals surface area contributed by atoms with Gasteiger partial charge >= 0.3 is 5.97 Å². The quantitative estimate of drug-likeness (QED) is 0.804. The smallest absolute Gasteiger partial charge is 0.328 e. The van der Waals surface area contributed by atoms with E-state index in [1.807, 2.05) is 24.3 Å². The molecule has 2 rings (SSSR count). The fourth-order valence-electron chi connectivity index (χ4n) is 1.53. The number of anilines is 1. The summed E-state index contributed by atoms with van der Waals surface area (Å²) in [5, 5.41) is 11.8. The van der Waals surface area contributed by atoms with Crippen LogP contribution in [0.25, 0.3) is 10.9 Å². The molecule has 0 radical (unpaired) electrons. The predicted octanol–water partition coefficient (Wildman–Crippen LogP) is 1.81. The lowest BCUT2D eigenvalue weighted by Gasteiger charge is -2.05. The van der Waals surface area contributed by atoms with Gasteiger partial charge in [-0.3, -0.25) is 9.78 Å². The Kier molecular flexibility index (Phi) is 3.33. The molecule has 1 heterocycles. The van der Waals surface area contributed by atoms with E-state index in [0.29, 0.717) is 5.69 Å². The van der Waals surface area contributed by atoms with Gasteiger partial charge in [0, 0.05) is 23.7 Å². The highest BCUT2D eigenvalue weighted by Crippen LogP contribution is 2.20. The number of fused-ring (bicyclic) bond motifs is 1. The zero-order chi connectivity index (χ0) is 13.0. The van der Waals surface area contributed by atoms with E-state index >= 15 is 0 Å². The molecule has 0 fully saturated rings. The van der Waals surface area contributed by atoms with Gasteiger partial charge in [-0.1, -0.05) is 18.2 Å². The molecule has 1 aromatic carbocycles. The number of nitrogens with zero attached hydrogens (tertiary/aromatic N) is 1. The number of carboxylic acids is 1. The van der Waals surface area contributed by atoms with Crippen LogP contribution < -0.4 is 5.32 Å². The van der Waals surface area contributed by atoms with Crippen molar-refractivity contribution in [1.29, 1.82) is 0 Å². The number of carboxylic acid groups (broad SMARTS) is 1. The van der Waals surface area contributed by atoms with Crippen molar-refractivity contribution in [2.75, 3.05) is 5.32 Å². The highest BCUT2D eigenvalue weighted by molar-refractivity contribution is 6.06. The van der Waals surface area contributed by atoms with Gasteiger partial charge in [0.15, 0.2) is 0 Å². The average Bonchev–Trinajstić information content (AvgIpc) is 2.37. The number of hydrogen-bond donors (Lipinski definition) is 2. The van der Waals surface area contributed by atoms with Gasteiger partial charge in [0.05, 0.1) is 11.2 Å². The van der Waals surface area contributed by atoms with E-state index in [-0.39, 0.29) is 0 Å². The van der Waals surface area contributed by atoms with Crippen molar-refractivity contribution in [2.45, 2.75) is 0 Å². The van der Waals surface area contributed by atoms with Gasteiger partial charge in [0.2, 0.25) is 5.91 Å². The summed E-state index contributed by atoms with van der Waals surface area (Å²) in [6, 6.07) is 9.02. The van der Waals surface area contributed by atoms with Crippen molar-refractivity contribution >= 4 is 28.5 Å². The Hall–Kier alpha value is -2.69. The molecule has 0 unspecified atom stereocenters. The number of nitrogens with one attached hydrogen (secondary N) is 1. The third-order valence-electron chi connectivity index (χ3n) is 2.28. The van der Waals surface area contributed by atoms with E-state index in [1.54, 1.807) is 12.3 Å². The standard InChI is InChI=1S/C13H10N2O3/c16-12(5-6-13(17)18)15-11-7-8-14-10-4-2-1-3-9(10)11/h1-8H,(H,17,18)(H,14,15,16). The minimum atomic E-state index is -1.16. The predicted molar refractivity (Wildman–Crippen MR) is 67.1 cm³/mol. The Morgan fingerprint density at radius 2 is 1.94 bits per heavy atom. The summed E-state index contributed by atoms with van der Waals surface area (Å²) < 4.78 is 0. The van der Waals surface area contributed by atoms with Gasteiger partial charge in [0.25, 0.3) is 0 Å². The van der Waals surface area contributed by atoms with Gasteiger partial charge in [-0.05, 0) is 12.1 Å². The number of hydrogen-bond acceptors (Lipinski definition) is 3. The van der Waals surface area contributed by atoms with Crippen LogP contribution in [0.3, 0.4) is 0 Å². The van der Waals surface area contributed by atoms with Crippen LogP contribution in [-0.4, -0.2) is 22.0 Å². The van der Waals surface area contributed by atoms with Gasteiger partial charge in [0.1, 0.15) is 0 Å². The number of para-hydroxylation sites is 1. The molecule has 0 saturated carbocycles. The highest BCUT2D eigenvalue weighted by atomic mass is 16.4. The Balaban J connectivity index is 2.27. The number of aromatic nitrogens is 1. The maximum atomic E-state index is 11.5. The van der Waals surface area contributed by atoms with Gasteiger partial charge in [-0.2, -0.15) is 0 Å². The van der Waals surface area contributed by atoms with Gasteiger partial charge < -0.3 is 10.4 Å². The molecule has 90 valence electrons. The highest BCUT2D eigenvalue weighted by Gasteiger charge is 2.03. The number of pyridine rings is 1. The second kappa shape index (κ2) is 5.09. The first-order valence-corrected chi connectivity index (χ1v) is 5.22. The SMILES string of the molecule is O=C(O)C=CC(=O)Nc1ccnc2ccccc12. The van der Waals surface area contributed by atoms with E-state index in [0.717, 1.165) is 23.1 Å². The molecule has 0 atom stereocenters. The van der Waals surface area contributed by atoms with Crippen molar-refractivity contribution in [3.8, 4) is 0 Å². The normalized spacial score (nSPS) is 10.7. The summed E-state index contributed by atoms with van der Waals surface area (Å²) in [6.45, 7) is 0. The van der Waals surface area contributed by atoms with Crippen LogP contribution in [0.1, 0.15) is 0 Å². The van der Waals surface area contributed by atoms with Gasteiger partial charge in [-0.25, -0.2) is 4.79 Å². The fraction of sp³-hybridized carbons (Fsp3) is 0. The number of carbonyl (C=O) groups excluding carboxylic acids is 1. The number of carbonyl (C=O) groups is 2. The van der Waals surface area contributed by atoms with Crippen molar-refractivity contribution in [3.05, 3.63) is 48.7 Å². The first-order chi connectivity index (χ1) is 8.66. The number of amides is 1. The lowest BCUT2D eigenvalue weighted by atomic mass is 10.2. The van der Waals surface area contributed by atoms with Crippen LogP contribution >= 0.6 is 0 Å². The van der Waals surface area contributed by atoms with Crippen LogP contribution in [0.5, 0.6) is 0 Å². The lowest BCUT2D eigenvalue weighted by Crippen LogP contribution is -2.09. The van der Waals surface area contributed by atoms with E-state index in [1.165, 1.54) is 0 Å². The Labute approximate surface area is 103 Å². The summed E-state index contributed by atoms with van der Waals surface area (Å²) in [6.07, 6.45) is 3.34. The molecule has 2 N–H and O–H groups in total. The zero-order valence-corrected chi connectivity index (χ0v) is 9.33. The van der Waals surface area contributed by atoms with Crippen LogP contribution in [0.2, 0.25) is 0 Å². The van der Waals surface area contributed by atoms with Gasteiger partial charge in [-0.15, -0.1) is 0 Å². The molecule has 0 aliphatic carbocycles. The van der Waals surface area contributed by atoms with Crippen LogP contribution in [0, 0.1) is 0 Å². The van der Waals surface area contributed by atoms with E-state index in [4.69, 9.17) is 5.11 Å². The summed E-state index contributed by atoms with van der Waals surface area (Å²) in [5.74, 6) is -1.65. The summed E-state index contributed by atoms with van der Waals surface area (Å²) >= 11 is 0. The maximum absolute atomic E-state index is 11.5. The molecule has 1 amide bonds. The molecule has 0 bridgehead atoms. The Bertz CT molecular complexity index is 630. The Morgan fingerprint density at radius 3 is 2.72 bits per heavy atom. The molecular weight excluding hydrogens is 232 g/mol. The summed E-state index contributed by atoms with van der Waals surface area (Å²) in [4.78, 5) is 25.9. The average molecular weight is 242 g/mol. The van der Waals surface area contributed by atoms with Crippen molar-refractivity contribution in [2.24, 2.45) is 0 Å². The monoisotopic (exact) mass is 242 g/mol. The van der Waals surface area contributed by atoms with Crippen molar-refractivity contribution < 1.29 is 14.7 Å². The minimum Gasteiger partial charge on any atom is -0.478 e. The third-order valence-corrected chi connectivity index (χ3v) is 2.28. The topological polar surface area (TPSA) is 79.3 Å². The first-order valence-electron chi connectivity index (χ1n) is 5.22. The molecule has 0 saturated heterocycles. The minimum absolute atomic E-state index is 0.492. The fourth-order valence-corrected chi connectivity index (χ4v) is 1.53. The second-order valence-electron chi connectivity index (χ2n) is 3.54. The largest absolute Gasteiger partial charge is 0.478 e. The number of rotatable bonds is 3. The van der Waals surface area contributed by atoms with Crippen molar-refractivity contribution in [1.82, 2.24) is 4.98 Å². The summed E-state index contributed by atoms with van der Waals surface area (Å²) in [7, 11) is 0. The van der Waals surface area contributed by atoms with Crippen LogP contribution in [0.15, 0.2) is 48.7 Å². The first kappa shape index (κ1) is 11.8. The zero-order valence-electron chi connectivity index (χ0n) is 9.33. The number of benzene rings is 1. The van der Waals surface area contributed by atoms with E-state index < -0.39 is 11.9 Å². The third kappa shape index (κ3) is 2.70. The molecule has 5 nitrogen and oxygen atoms in total. The molecule has 18 heavy (non-hydrogen) atoms. The Morgan fingerprint density at radius 1 is 1.17 bits per heavy atom. The van der Waals surface area contributed by atoms with E-state index in [9.17, 15) is 9.59 Å². The second-order valence-corrected chi connectivity index (χ2v) is 3.54. The molecule has 1 aromatic heterocycles. The molecule has 0 aliphatic heterocycles. The molecule has 5 heteroatoms. The molecule has 0 spiro atoms. The van der Waals surface area contributed by atoms with Crippen molar-refractivity contribution in [3.63, 3.8) is 0 Å². The van der Waals surface area contributed by atoms with Crippen LogP contribution in [0.4, 0.5) is 5.69 Å². The van der Waals surface area contributed by atoms with E-state index in [2.05, 4.69) is 10.3 Å². The maximum Gasteiger partial charge on any atom is 0.328 e. The molecule has 2 aromatic rings. The molecular formula is C13H10N2O3. The number of aliphatic carboxylic acids is 1. The lowest BCUT2D eigenvalue weighted by molar-refractivity contribution is -0.131. The van der Waals surface area contributed by atoms with Crippen LogP contribution in [-0.2, 0) is 9.59 Å².